The molecule has 8 heteroatoms. The van der Waals surface area contributed by atoms with Crippen molar-refractivity contribution in [2.75, 3.05) is 20.1 Å². The molecule has 0 fully saturated rings. The molecule has 2 aromatic carbocycles. The van der Waals surface area contributed by atoms with Crippen LogP contribution in [-0.4, -0.2) is 41.8 Å². The van der Waals surface area contributed by atoms with E-state index in [-0.39, 0.29) is 36.4 Å². The average molecular weight is 546 g/mol. The lowest BCUT2D eigenvalue weighted by atomic mass is 10.1. The minimum Gasteiger partial charge on any atom is -0.354 e. The highest BCUT2D eigenvalue weighted by Gasteiger charge is 2.10. The number of amides is 1. The van der Waals surface area contributed by atoms with E-state index in [1.165, 1.54) is 5.56 Å². The summed E-state index contributed by atoms with van der Waals surface area (Å²) >= 11 is 0. The van der Waals surface area contributed by atoms with Crippen LogP contribution in [0.25, 0.3) is 5.69 Å². The number of hydrogen-bond acceptors (Lipinski definition) is 3. The van der Waals surface area contributed by atoms with E-state index in [0.717, 1.165) is 29.1 Å². The zero-order valence-corrected chi connectivity index (χ0v) is 21.1. The summed E-state index contributed by atoms with van der Waals surface area (Å²) in [5.41, 5.74) is 5.38. The lowest BCUT2D eigenvalue weighted by Gasteiger charge is -2.15. The number of carbonyl (C=O) groups is 1. The van der Waals surface area contributed by atoms with E-state index >= 15 is 0 Å². The maximum Gasteiger partial charge on any atom is 0.239 e. The van der Waals surface area contributed by atoms with Gasteiger partial charge in [0.25, 0.3) is 0 Å². The molecule has 3 aromatic rings. The predicted molar refractivity (Wildman–Crippen MR) is 140 cm³/mol. The largest absolute Gasteiger partial charge is 0.354 e. The maximum atomic E-state index is 12.1. The molecule has 0 unspecified atom stereocenters. The summed E-state index contributed by atoms with van der Waals surface area (Å²) in [7, 11) is 1.69. The Bertz CT molecular complexity index is 1030. The Kier molecular flexibility index (Phi) is 10.2. The van der Waals surface area contributed by atoms with Crippen LogP contribution in [0.1, 0.15) is 22.5 Å². The summed E-state index contributed by atoms with van der Waals surface area (Å²) < 4.78 is 1.95. The summed E-state index contributed by atoms with van der Waals surface area (Å²) in [5.74, 6) is 0.503. The van der Waals surface area contributed by atoms with E-state index in [4.69, 9.17) is 0 Å². The number of rotatable bonds is 8. The third-order valence-corrected chi connectivity index (χ3v) is 4.89. The highest BCUT2D eigenvalue weighted by atomic mass is 127. The summed E-state index contributed by atoms with van der Waals surface area (Å²) in [5, 5.41) is 13.9. The third-order valence-electron chi connectivity index (χ3n) is 4.89. The van der Waals surface area contributed by atoms with Crippen molar-refractivity contribution >= 4 is 35.8 Å². The molecule has 0 aliphatic heterocycles. The number of nitrogens with one attached hydrogen (secondary N) is 3. The first-order chi connectivity index (χ1) is 15.1. The second-order valence-electron chi connectivity index (χ2n) is 7.33. The first kappa shape index (κ1) is 25.4. The maximum absolute atomic E-state index is 12.1. The van der Waals surface area contributed by atoms with Gasteiger partial charge in [0.15, 0.2) is 5.96 Å². The highest BCUT2D eigenvalue weighted by Crippen LogP contribution is 2.16. The molecule has 7 nitrogen and oxygen atoms in total. The van der Waals surface area contributed by atoms with E-state index in [9.17, 15) is 4.79 Å². The number of benzene rings is 2. The quantitative estimate of drug-likeness (QED) is 0.231. The lowest BCUT2D eigenvalue weighted by Crippen LogP contribution is -2.43. The fraction of sp³-hybridized carbons (Fsp3) is 0.292. The number of aromatic nitrogens is 2. The first-order valence-electron chi connectivity index (χ1n) is 10.4. The van der Waals surface area contributed by atoms with E-state index < -0.39 is 0 Å². The van der Waals surface area contributed by atoms with E-state index in [0.29, 0.717) is 19.0 Å². The second-order valence-corrected chi connectivity index (χ2v) is 7.33. The van der Waals surface area contributed by atoms with Crippen molar-refractivity contribution in [2.24, 2.45) is 4.99 Å². The van der Waals surface area contributed by atoms with Gasteiger partial charge < -0.3 is 16.0 Å². The standard InChI is InChI=1S/C24H30N6O.HI/c1-18-15-19(2)30(29-18)22-12-8-7-11-21(22)16-27-24(25-3)28-17-23(31)26-14-13-20-9-5-4-6-10-20;/h4-12,15H,13-14,16-17H2,1-3H3,(H,26,31)(H2,25,27,28);1H. The van der Waals surface area contributed by atoms with Crippen molar-refractivity contribution in [2.45, 2.75) is 26.8 Å². The van der Waals surface area contributed by atoms with Crippen LogP contribution in [0.15, 0.2) is 65.7 Å². The van der Waals surface area contributed by atoms with E-state index in [2.05, 4.69) is 50.3 Å². The number of guanidine groups is 1. The van der Waals surface area contributed by atoms with Crippen molar-refractivity contribution in [1.82, 2.24) is 25.7 Å². The van der Waals surface area contributed by atoms with Crippen LogP contribution in [0.3, 0.4) is 0 Å². The smallest absolute Gasteiger partial charge is 0.239 e. The van der Waals surface area contributed by atoms with E-state index in [1.54, 1.807) is 7.05 Å². The summed E-state index contributed by atoms with van der Waals surface area (Å²) in [6.45, 7) is 5.35. The monoisotopic (exact) mass is 546 g/mol. The van der Waals surface area contributed by atoms with Gasteiger partial charge in [-0.25, -0.2) is 4.68 Å². The van der Waals surface area contributed by atoms with Crippen LogP contribution in [0.5, 0.6) is 0 Å². The van der Waals surface area contributed by atoms with Crippen LogP contribution in [0, 0.1) is 13.8 Å². The molecule has 32 heavy (non-hydrogen) atoms. The fourth-order valence-corrected chi connectivity index (χ4v) is 3.36. The molecule has 1 aromatic heterocycles. The molecule has 0 saturated carbocycles. The normalized spacial score (nSPS) is 10.9. The molecule has 0 saturated heterocycles. The molecule has 3 N–H and O–H groups in total. The van der Waals surface area contributed by atoms with Gasteiger partial charge in [-0.15, -0.1) is 24.0 Å². The second kappa shape index (κ2) is 12.8. The number of hydrogen-bond donors (Lipinski definition) is 3. The Hall–Kier alpha value is -2.88. The van der Waals surface area contributed by atoms with E-state index in [1.807, 2.05) is 54.9 Å². The van der Waals surface area contributed by atoms with Crippen molar-refractivity contribution in [3.8, 4) is 5.69 Å². The summed E-state index contributed by atoms with van der Waals surface area (Å²) in [6, 6.07) is 20.3. The Balaban J connectivity index is 0.00000363. The van der Waals surface area contributed by atoms with Crippen molar-refractivity contribution in [3.05, 3.63) is 83.2 Å². The molecule has 170 valence electrons. The summed E-state index contributed by atoms with van der Waals surface area (Å²) in [6.07, 6.45) is 0.808. The molecular weight excluding hydrogens is 515 g/mol. The van der Waals surface area contributed by atoms with Gasteiger partial charge in [0.05, 0.1) is 17.9 Å². The number of aliphatic imine (C=N–C) groups is 1. The minimum absolute atomic E-state index is 0. The molecule has 3 rings (SSSR count). The van der Waals surface area contributed by atoms with Crippen molar-refractivity contribution < 1.29 is 4.79 Å². The number of carbonyl (C=O) groups excluding carboxylic acids is 1. The van der Waals surface area contributed by atoms with Gasteiger partial charge in [-0.05, 0) is 43.5 Å². The molecule has 0 atom stereocenters. The molecule has 1 amide bonds. The third kappa shape index (κ3) is 7.37. The SMILES string of the molecule is CN=C(NCC(=O)NCCc1ccccc1)NCc1ccccc1-n1nc(C)cc1C.I. The molecule has 1 heterocycles. The molecular formula is C24H31IN6O. The van der Waals surface area contributed by atoms with Crippen LogP contribution >= 0.6 is 24.0 Å². The van der Waals surface area contributed by atoms with Gasteiger partial charge >= 0.3 is 0 Å². The van der Waals surface area contributed by atoms with Gasteiger partial charge in [-0.3, -0.25) is 9.79 Å². The topological polar surface area (TPSA) is 83.3 Å². The zero-order chi connectivity index (χ0) is 22.1. The molecule has 0 spiro atoms. The van der Waals surface area contributed by atoms with Gasteiger partial charge in [-0.2, -0.15) is 5.10 Å². The Morgan fingerprint density at radius 3 is 2.41 bits per heavy atom. The van der Waals surface area contributed by atoms with Gasteiger partial charge in [0.1, 0.15) is 0 Å². The minimum atomic E-state index is -0.0677. The molecule has 0 bridgehead atoms. The highest BCUT2D eigenvalue weighted by molar-refractivity contribution is 14.0. The predicted octanol–water partition coefficient (Wildman–Crippen LogP) is 3.13. The first-order valence-corrected chi connectivity index (χ1v) is 10.4. The van der Waals surface area contributed by atoms with Crippen LogP contribution in [0.2, 0.25) is 0 Å². The average Bonchev–Trinajstić information content (AvgIpc) is 3.12. The van der Waals surface area contributed by atoms with Crippen LogP contribution in [0.4, 0.5) is 0 Å². The molecule has 0 aliphatic rings. The van der Waals surface area contributed by atoms with Gasteiger partial charge in [0, 0.05) is 25.8 Å². The molecule has 0 aliphatic carbocycles. The number of halogens is 1. The van der Waals surface area contributed by atoms with Crippen molar-refractivity contribution in [1.29, 1.82) is 0 Å². The zero-order valence-electron chi connectivity index (χ0n) is 18.8. The number of para-hydroxylation sites is 1. The lowest BCUT2D eigenvalue weighted by molar-refractivity contribution is -0.119. The van der Waals surface area contributed by atoms with Crippen LogP contribution < -0.4 is 16.0 Å². The fourth-order valence-electron chi connectivity index (χ4n) is 3.36. The Labute approximate surface area is 206 Å². The van der Waals surface area contributed by atoms with Gasteiger partial charge in [0.2, 0.25) is 5.91 Å². The number of aryl methyl sites for hydroxylation is 2. The van der Waals surface area contributed by atoms with Crippen molar-refractivity contribution in [3.63, 3.8) is 0 Å². The Morgan fingerprint density at radius 1 is 1.00 bits per heavy atom. The number of nitrogens with zero attached hydrogens (tertiary/aromatic N) is 3. The van der Waals surface area contributed by atoms with Gasteiger partial charge in [-0.1, -0.05) is 48.5 Å². The summed E-state index contributed by atoms with van der Waals surface area (Å²) in [4.78, 5) is 16.4. The van der Waals surface area contributed by atoms with Crippen LogP contribution in [-0.2, 0) is 17.8 Å². The Morgan fingerprint density at radius 2 is 1.72 bits per heavy atom. The molecule has 0 radical (unpaired) electrons.